The summed E-state index contributed by atoms with van der Waals surface area (Å²) in [6.45, 7) is 2.51. The van der Waals surface area contributed by atoms with Crippen molar-refractivity contribution in [3.8, 4) is 5.75 Å². The Hall–Kier alpha value is -0.640. The van der Waals surface area contributed by atoms with Crippen LogP contribution in [0.25, 0.3) is 0 Å². The van der Waals surface area contributed by atoms with E-state index in [0.717, 1.165) is 36.4 Å². The van der Waals surface area contributed by atoms with Crippen LogP contribution in [0.3, 0.4) is 0 Å². The third kappa shape index (κ3) is 4.47. The first-order chi connectivity index (χ1) is 7.63. The number of rotatable bonds is 6. The van der Waals surface area contributed by atoms with Crippen molar-refractivity contribution < 1.29 is 13.5 Å². The van der Waals surface area contributed by atoms with Crippen LogP contribution in [0.2, 0.25) is 0 Å². The molecule has 1 nitrogen and oxygen atoms in total. The second kappa shape index (κ2) is 6.84. The van der Waals surface area contributed by atoms with Crippen molar-refractivity contribution in [2.24, 2.45) is 5.92 Å². The van der Waals surface area contributed by atoms with Gasteiger partial charge in [0.05, 0.1) is 6.61 Å². The average Bonchev–Trinajstić information content (AvgIpc) is 2.23. The Bertz CT molecular complexity index is 331. The average molecular weight is 293 g/mol. The van der Waals surface area contributed by atoms with Gasteiger partial charge in [-0.25, -0.2) is 8.78 Å². The lowest BCUT2D eigenvalue weighted by Crippen LogP contribution is -2.05. The van der Waals surface area contributed by atoms with E-state index in [1.54, 1.807) is 0 Å². The molecule has 0 heterocycles. The van der Waals surface area contributed by atoms with Crippen LogP contribution in [0.1, 0.15) is 19.8 Å². The van der Waals surface area contributed by atoms with Crippen molar-refractivity contribution in [3.63, 3.8) is 0 Å². The van der Waals surface area contributed by atoms with Crippen LogP contribution in [0.5, 0.6) is 5.75 Å². The summed E-state index contributed by atoms with van der Waals surface area (Å²) in [5, 5.41) is 0.947. The van der Waals surface area contributed by atoms with Crippen LogP contribution in [0.15, 0.2) is 18.2 Å². The van der Waals surface area contributed by atoms with Gasteiger partial charge >= 0.3 is 0 Å². The lowest BCUT2D eigenvalue weighted by atomic mass is 10.1. The smallest absolute Gasteiger partial charge is 0.165 e. The highest BCUT2D eigenvalue weighted by molar-refractivity contribution is 9.09. The summed E-state index contributed by atoms with van der Waals surface area (Å²) in [6.07, 6.45) is 1.89. The molecule has 0 aliphatic rings. The van der Waals surface area contributed by atoms with Crippen LogP contribution in [-0.4, -0.2) is 11.9 Å². The number of halogens is 3. The number of alkyl halides is 1. The molecule has 1 unspecified atom stereocenters. The maximum absolute atomic E-state index is 13.1. The minimum atomic E-state index is -0.519. The maximum Gasteiger partial charge on any atom is 0.165 e. The minimum Gasteiger partial charge on any atom is -0.490 e. The normalized spacial score (nSPS) is 12.5. The zero-order chi connectivity index (χ0) is 12.0. The second-order valence-electron chi connectivity index (χ2n) is 3.79. The van der Waals surface area contributed by atoms with E-state index in [9.17, 15) is 8.78 Å². The highest BCUT2D eigenvalue weighted by Gasteiger charge is 2.06. The fourth-order valence-electron chi connectivity index (χ4n) is 1.29. The van der Waals surface area contributed by atoms with Crippen LogP contribution in [-0.2, 0) is 0 Å². The highest BCUT2D eigenvalue weighted by atomic mass is 79.9. The van der Waals surface area contributed by atoms with Gasteiger partial charge in [-0.2, -0.15) is 0 Å². The molecular weight excluding hydrogens is 278 g/mol. The van der Waals surface area contributed by atoms with Gasteiger partial charge in [-0.3, -0.25) is 0 Å². The molecule has 1 aromatic rings. The Morgan fingerprint density at radius 2 is 2.06 bits per heavy atom. The van der Waals surface area contributed by atoms with Crippen molar-refractivity contribution in [1.82, 2.24) is 0 Å². The molecule has 0 amide bonds. The molecule has 0 aliphatic heterocycles. The van der Waals surface area contributed by atoms with Crippen molar-refractivity contribution in [2.75, 3.05) is 11.9 Å². The largest absolute Gasteiger partial charge is 0.490 e. The molecule has 16 heavy (non-hydrogen) atoms. The molecule has 1 rings (SSSR count). The molecule has 0 fully saturated rings. The van der Waals surface area contributed by atoms with Gasteiger partial charge in [0.25, 0.3) is 0 Å². The predicted molar refractivity (Wildman–Crippen MR) is 64.0 cm³/mol. The Balaban J connectivity index is 2.39. The Morgan fingerprint density at radius 1 is 1.31 bits per heavy atom. The first kappa shape index (κ1) is 13.4. The molecular formula is C12H15BrF2O. The summed E-state index contributed by atoms with van der Waals surface area (Å²) in [5.41, 5.74) is 0. The number of ether oxygens (including phenoxy) is 1. The van der Waals surface area contributed by atoms with E-state index < -0.39 is 11.6 Å². The summed E-state index contributed by atoms with van der Waals surface area (Å²) in [6, 6.07) is 3.23. The Morgan fingerprint density at radius 3 is 2.75 bits per heavy atom. The van der Waals surface area contributed by atoms with E-state index in [2.05, 4.69) is 22.9 Å². The summed E-state index contributed by atoms with van der Waals surface area (Å²) in [7, 11) is 0. The maximum atomic E-state index is 13.1. The minimum absolute atomic E-state index is 0.00829. The first-order valence-electron chi connectivity index (χ1n) is 5.27. The van der Waals surface area contributed by atoms with Gasteiger partial charge < -0.3 is 4.74 Å². The fourth-order valence-corrected chi connectivity index (χ4v) is 2.07. The zero-order valence-corrected chi connectivity index (χ0v) is 10.8. The van der Waals surface area contributed by atoms with Gasteiger partial charge in [-0.15, -0.1) is 0 Å². The Kier molecular flexibility index (Phi) is 5.74. The lowest BCUT2D eigenvalue weighted by Gasteiger charge is -2.11. The van der Waals surface area contributed by atoms with E-state index in [4.69, 9.17) is 4.74 Å². The van der Waals surface area contributed by atoms with Crippen molar-refractivity contribution in [3.05, 3.63) is 29.8 Å². The molecule has 0 bridgehead atoms. The van der Waals surface area contributed by atoms with Gasteiger partial charge in [0, 0.05) is 11.4 Å². The van der Waals surface area contributed by atoms with E-state index in [-0.39, 0.29) is 5.75 Å². The third-order valence-electron chi connectivity index (χ3n) is 2.36. The van der Waals surface area contributed by atoms with E-state index >= 15 is 0 Å². The Labute approximate surface area is 103 Å². The molecule has 1 atom stereocenters. The standard InChI is InChI=1S/C12H15BrF2O/c1-9(4-6-13)5-7-16-12-8-10(14)2-3-11(12)15/h2-3,8-9H,4-7H2,1H3. The van der Waals surface area contributed by atoms with Crippen LogP contribution in [0.4, 0.5) is 8.78 Å². The molecule has 0 radical (unpaired) electrons. The van der Waals surface area contributed by atoms with Crippen molar-refractivity contribution in [2.45, 2.75) is 19.8 Å². The lowest BCUT2D eigenvalue weighted by molar-refractivity contribution is 0.269. The van der Waals surface area contributed by atoms with E-state index in [1.807, 2.05) is 0 Å². The third-order valence-corrected chi connectivity index (χ3v) is 2.82. The summed E-state index contributed by atoms with van der Waals surface area (Å²) in [5.74, 6) is -0.499. The number of benzene rings is 1. The van der Waals surface area contributed by atoms with Crippen LogP contribution >= 0.6 is 15.9 Å². The van der Waals surface area contributed by atoms with Gasteiger partial charge in [0.2, 0.25) is 0 Å². The monoisotopic (exact) mass is 292 g/mol. The molecule has 1 aromatic carbocycles. The summed E-state index contributed by atoms with van der Waals surface area (Å²) < 4.78 is 31.1. The van der Waals surface area contributed by atoms with Crippen molar-refractivity contribution >= 4 is 15.9 Å². The van der Waals surface area contributed by atoms with Gasteiger partial charge in [-0.05, 0) is 30.9 Å². The van der Waals surface area contributed by atoms with Gasteiger partial charge in [0.15, 0.2) is 11.6 Å². The van der Waals surface area contributed by atoms with Gasteiger partial charge in [-0.1, -0.05) is 22.9 Å². The zero-order valence-electron chi connectivity index (χ0n) is 9.18. The fraction of sp³-hybridized carbons (Fsp3) is 0.500. The molecule has 0 N–H and O–H groups in total. The van der Waals surface area contributed by atoms with Gasteiger partial charge in [0.1, 0.15) is 5.82 Å². The SMILES string of the molecule is CC(CCBr)CCOc1cc(F)ccc1F. The van der Waals surface area contributed by atoms with E-state index in [1.165, 1.54) is 0 Å². The quantitative estimate of drug-likeness (QED) is 0.716. The van der Waals surface area contributed by atoms with Crippen LogP contribution in [0, 0.1) is 17.6 Å². The number of hydrogen-bond donors (Lipinski definition) is 0. The predicted octanol–water partition coefficient (Wildman–Crippen LogP) is 4.15. The number of hydrogen-bond acceptors (Lipinski definition) is 1. The summed E-state index contributed by atoms with van der Waals surface area (Å²) in [4.78, 5) is 0. The molecule has 90 valence electrons. The molecule has 0 spiro atoms. The highest BCUT2D eigenvalue weighted by Crippen LogP contribution is 2.19. The molecule has 0 saturated heterocycles. The molecule has 4 heteroatoms. The molecule has 0 saturated carbocycles. The first-order valence-corrected chi connectivity index (χ1v) is 6.39. The second-order valence-corrected chi connectivity index (χ2v) is 4.59. The summed E-state index contributed by atoms with van der Waals surface area (Å²) >= 11 is 3.36. The van der Waals surface area contributed by atoms with E-state index in [0.29, 0.717) is 12.5 Å². The van der Waals surface area contributed by atoms with Crippen molar-refractivity contribution in [1.29, 1.82) is 0 Å². The topological polar surface area (TPSA) is 9.23 Å². The van der Waals surface area contributed by atoms with Crippen LogP contribution < -0.4 is 4.74 Å². The molecule has 0 aromatic heterocycles. The molecule has 0 aliphatic carbocycles.